The second-order valence-corrected chi connectivity index (χ2v) is 10.7. The molecule has 2 aromatic heterocycles. The van der Waals surface area contributed by atoms with Crippen molar-refractivity contribution < 1.29 is 4.74 Å². The highest BCUT2D eigenvalue weighted by atomic mass is 16.5. The summed E-state index contributed by atoms with van der Waals surface area (Å²) < 4.78 is 6.56. The zero-order valence-corrected chi connectivity index (χ0v) is 22.7. The average Bonchev–Trinajstić information content (AvgIpc) is 3.04. The molecule has 5 heteroatoms. The third-order valence-corrected chi connectivity index (χ3v) is 8.38. The lowest BCUT2D eigenvalue weighted by Crippen LogP contribution is -2.41. The number of hydrogen-bond acceptors (Lipinski definition) is 5. The van der Waals surface area contributed by atoms with Crippen molar-refractivity contribution in [2.45, 2.75) is 5.41 Å². The molecule has 3 aliphatic heterocycles. The zero-order chi connectivity index (χ0) is 27.4. The van der Waals surface area contributed by atoms with Gasteiger partial charge in [0.2, 0.25) is 0 Å². The summed E-state index contributed by atoms with van der Waals surface area (Å²) in [5, 5.41) is 4.82. The predicted molar refractivity (Wildman–Crippen MR) is 165 cm³/mol. The van der Waals surface area contributed by atoms with Gasteiger partial charge in [0.15, 0.2) is 0 Å². The number of anilines is 1. The fourth-order valence-electron chi connectivity index (χ4n) is 6.52. The molecule has 5 nitrogen and oxygen atoms in total. The first kappa shape index (κ1) is 23.7. The Bertz CT molecular complexity index is 1920. The van der Waals surface area contributed by atoms with Crippen molar-refractivity contribution in [1.82, 2.24) is 15.3 Å². The van der Waals surface area contributed by atoms with Gasteiger partial charge in [-0.3, -0.25) is 4.98 Å². The highest BCUT2D eigenvalue weighted by Crippen LogP contribution is 2.55. The predicted octanol–water partition coefficient (Wildman–Crippen LogP) is 7.24. The lowest BCUT2D eigenvalue weighted by atomic mass is 9.66. The number of nitrogens with one attached hydrogen (secondary N) is 1. The van der Waals surface area contributed by atoms with Gasteiger partial charge in [0.05, 0.1) is 22.6 Å². The van der Waals surface area contributed by atoms with Gasteiger partial charge in [0.25, 0.3) is 0 Å². The fraction of sp³-hybridized carbons (Fsp3) is 0.111. The topological polar surface area (TPSA) is 50.3 Å². The van der Waals surface area contributed by atoms with Crippen molar-refractivity contribution in [1.29, 1.82) is 0 Å². The SMILES string of the molecule is CN1CC=Cc2ccc3ccc(-c4ccc5c(c4)C(C4=CC=CCN4)(c4ccccn4)c4ccccc4O5)nc3c21. The van der Waals surface area contributed by atoms with E-state index in [9.17, 15) is 0 Å². The number of benzene rings is 3. The number of ether oxygens (including phenoxy) is 1. The number of para-hydroxylation sites is 1. The molecule has 41 heavy (non-hydrogen) atoms. The van der Waals surface area contributed by atoms with E-state index >= 15 is 0 Å². The highest BCUT2D eigenvalue weighted by molar-refractivity contribution is 5.97. The molecular formula is C36H28N4O. The smallest absolute Gasteiger partial charge is 0.132 e. The van der Waals surface area contributed by atoms with Gasteiger partial charge in [-0.25, -0.2) is 4.98 Å². The first-order valence-corrected chi connectivity index (χ1v) is 14.0. The summed E-state index contributed by atoms with van der Waals surface area (Å²) in [7, 11) is 2.13. The minimum atomic E-state index is -0.687. The van der Waals surface area contributed by atoms with Crippen molar-refractivity contribution in [2.75, 3.05) is 25.0 Å². The highest BCUT2D eigenvalue weighted by Gasteiger charge is 2.48. The third kappa shape index (κ3) is 3.55. The van der Waals surface area contributed by atoms with Crippen molar-refractivity contribution in [3.63, 3.8) is 0 Å². The number of aromatic nitrogens is 2. The molecule has 0 saturated carbocycles. The van der Waals surface area contributed by atoms with Gasteiger partial charge < -0.3 is 15.0 Å². The van der Waals surface area contributed by atoms with E-state index in [0.717, 1.165) is 69.3 Å². The summed E-state index contributed by atoms with van der Waals surface area (Å²) in [6.45, 7) is 1.62. The molecule has 0 bridgehead atoms. The van der Waals surface area contributed by atoms with Gasteiger partial charge in [-0.05, 0) is 54.1 Å². The van der Waals surface area contributed by atoms with Crippen LogP contribution in [-0.4, -0.2) is 30.1 Å². The Morgan fingerprint density at radius 2 is 1.76 bits per heavy atom. The summed E-state index contributed by atoms with van der Waals surface area (Å²) in [6.07, 6.45) is 12.7. The molecule has 0 fully saturated rings. The van der Waals surface area contributed by atoms with Gasteiger partial charge >= 0.3 is 0 Å². The Balaban J connectivity index is 1.39. The number of rotatable bonds is 3. The van der Waals surface area contributed by atoms with Gasteiger partial charge in [-0.1, -0.05) is 66.8 Å². The average molecular weight is 533 g/mol. The molecule has 8 rings (SSSR count). The van der Waals surface area contributed by atoms with Crippen LogP contribution in [0.3, 0.4) is 0 Å². The van der Waals surface area contributed by atoms with Crippen LogP contribution < -0.4 is 15.0 Å². The Kier molecular flexibility index (Phi) is 5.32. The van der Waals surface area contributed by atoms with E-state index in [2.05, 4.69) is 114 Å². The quantitative estimate of drug-likeness (QED) is 0.265. The van der Waals surface area contributed by atoms with Crippen LogP contribution in [0.2, 0.25) is 0 Å². The molecule has 0 saturated heterocycles. The molecule has 1 atom stereocenters. The summed E-state index contributed by atoms with van der Waals surface area (Å²) in [4.78, 5) is 12.5. The number of allylic oxidation sites excluding steroid dienone is 3. The minimum Gasteiger partial charge on any atom is -0.457 e. The molecule has 3 aliphatic rings. The maximum Gasteiger partial charge on any atom is 0.132 e. The molecule has 5 aromatic rings. The van der Waals surface area contributed by atoms with E-state index in [-0.39, 0.29) is 0 Å². The number of nitrogens with zero attached hydrogens (tertiary/aromatic N) is 3. The molecular weight excluding hydrogens is 504 g/mol. The zero-order valence-electron chi connectivity index (χ0n) is 22.7. The summed E-state index contributed by atoms with van der Waals surface area (Å²) in [5.74, 6) is 1.65. The van der Waals surface area contributed by atoms with Crippen LogP contribution in [0.15, 0.2) is 121 Å². The fourth-order valence-corrected chi connectivity index (χ4v) is 6.52. The Morgan fingerprint density at radius 3 is 2.63 bits per heavy atom. The van der Waals surface area contributed by atoms with E-state index in [1.54, 1.807) is 0 Å². The van der Waals surface area contributed by atoms with E-state index in [1.165, 1.54) is 11.3 Å². The normalized spacial score (nSPS) is 18.6. The number of fused-ring (bicyclic) bond motifs is 5. The van der Waals surface area contributed by atoms with Crippen LogP contribution in [0, 0.1) is 0 Å². The molecule has 0 spiro atoms. The number of pyridine rings is 2. The van der Waals surface area contributed by atoms with E-state index in [4.69, 9.17) is 14.7 Å². The standard InChI is InChI=1S/C36H28N4O/c1-40-22-8-9-25-15-14-24-16-18-29(39-34(24)35(25)40)26-17-19-31-28(23-26)36(32-12-4-6-20-37-32,33-13-5-7-21-38-33)27-10-2-3-11-30(27)41-31/h2-20,23,38H,21-22H2,1H3. The van der Waals surface area contributed by atoms with Crippen LogP contribution in [0.1, 0.15) is 22.4 Å². The number of hydrogen-bond donors (Lipinski definition) is 1. The van der Waals surface area contributed by atoms with E-state index in [0.29, 0.717) is 0 Å². The molecule has 3 aromatic carbocycles. The van der Waals surface area contributed by atoms with Gasteiger partial charge in [-0.2, -0.15) is 0 Å². The van der Waals surface area contributed by atoms with Crippen molar-refractivity contribution >= 4 is 22.7 Å². The van der Waals surface area contributed by atoms with Crippen LogP contribution in [0.4, 0.5) is 5.69 Å². The minimum absolute atomic E-state index is 0.687. The van der Waals surface area contributed by atoms with Gasteiger partial charge in [0, 0.05) is 54.1 Å². The Morgan fingerprint density at radius 1 is 0.878 bits per heavy atom. The maximum absolute atomic E-state index is 6.56. The molecule has 5 heterocycles. The lowest BCUT2D eigenvalue weighted by molar-refractivity contribution is 0.424. The van der Waals surface area contributed by atoms with Crippen molar-refractivity contribution in [2.24, 2.45) is 0 Å². The Hall–Kier alpha value is -5.16. The lowest BCUT2D eigenvalue weighted by Gasteiger charge is -2.42. The first-order chi connectivity index (χ1) is 20.2. The first-order valence-electron chi connectivity index (χ1n) is 14.0. The molecule has 1 N–H and O–H groups in total. The molecule has 1 unspecified atom stereocenters. The maximum atomic E-state index is 6.56. The van der Waals surface area contributed by atoms with Crippen LogP contribution in [0.25, 0.3) is 28.2 Å². The molecule has 0 radical (unpaired) electrons. The van der Waals surface area contributed by atoms with Crippen molar-refractivity contribution in [3.8, 4) is 22.8 Å². The largest absolute Gasteiger partial charge is 0.457 e. The van der Waals surface area contributed by atoms with Crippen LogP contribution in [-0.2, 0) is 5.41 Å². The summed E-state index contributed by atoms with van der Waals surface area (Å²) >= 11 is 0. The number of likely N-dealkylation sites (N-methyl/N-ethyl adjacent to an activating group) is 1. The van der Waals surface area contributed by atoms with Crippen molar-refractivity contribution in [3.05, 3.63) is 144 Å². The van der Waals surface area contributed by atoms with E-state index in [1.807, 2.05) is 24.4 Å². The van der Waals surface area contributed by atoms with Crippen LogP contribution in [0.5, 0.6) is 11.5 Å². The molecule has 198 valence electrons. The monoisotopic (exact) mass is 532 g/mol. The van der Waals surface area contributed by atoms with Gasteiger partial charge in [-0.15, -0.1) is 0 Å². The summed E-state index contributed by atoms with van der Waals surface area (Å²) in [6, 6.07) is 29.5. The third-order valence-electron chi connectivity index (χ3n) is 8.38. The number of dihydropyridines is 1. The van der Waals surface area contributed by atoms with Crippen LogP contribution >= 0.6 is 0 Å². The second-order valence-electron chi connectivity index (χ2n) is 10.7. The summed E-state index contributed by atoms with van der Waals surface area (Å²) in [5.41, 5.74) is 8.78. The Labute approximate surface area is 239 Å². The second kappa shape index (κ2) is 9.20. The molecule has 0 amide bonds. The van der Waals surface area contributed by atoms with Gasteiger partial charge in [0.1, 0.15) is 16.9 Å². The van der Waals surface area contributed by atoms with E-state index < -0.39 is 5.41 Å². The molecule has 0 aliphatic carbocycles.